The largest absolute Gasteiger partial charge is 0.394 e. The van der Waals surface area contributed by atoms with Gasteiger partial charge in [0.25, 0.3) is 0 Å². The number of carbonyl (C=O) groups is 1. The number of aliphatic hydroxyl groups is 2. The predicted octanol–water partition coefficient (Wildman–Crippen LogP) is 13.6. The number of nitrogens with one attached hydrogen (secondary N) is 1. The molecule has 3 N–H and O–H groups in total. The number of hydrogen-bond acceptors (Lipinski definition) is 3. The van der Waals surface area contributed by atoms with Crippen molar-refractivity contribution in [3.63, 3.8) is 0 Å². The summed E-state index contributed by atoms with van der Waals surface area (Å²) in [4.78, 5) is 12.2. The molecule has 0 aromatic rings. The maximum atomic E-state index is 12.2. The molecule has 0 rings (SSSR count). The Labute approximate surface area is 307 Å². The Morgan fingerprint density at radius 3 is 1.16 bits per heavy atom. The second-order valence-electron chi connectivity index (χ2n) is 15.1. The van der Waals surface area contributed by atoms with Gasteiger partial charge in [-0.3, -0.25) is 4.79 Å². The van der Waals surface area contributed by atoms with E-state index in [1.807, 2.05) is 6.08 Å². The highest BCUT2D eigenvalue weighted by Gasteiger charge is 2.17. The van der Waals surface area contributed by atoms with Crippen LogP contribution in [-0.4, -0.2) is 34.9 Å². The molecular formula is C45H87NO3. The molecule has 0 aromatic carbocycles. The van der Waals surface area contributed by atoms with E-state index in [0.29, 0.717) is 6.42 Å². The predicted molar refractivity (Wildman–Crippen MR) is 216 cm³/mol. The zero-order valence-corrected chi connectivity index (χ0v) is 33.2. The molecule has 4 heteroatoms. The first kappa shape index (κ1) is 47.9. The van der Waals surface area contributed by atoms with Crippen molar-refractivity contribution in [1.82, 2.24) is 5.32 Å². The fraction of sp³-hybridized carbons (Fsp3) is 0.889. The van der Waals surface area contributed by atoms with Gasteiger partial charge in [-0.05, 0) is 38.5 Å². The molecule has 0 radical (unpaired) electrons. The van der Waals surface area contributed by atoms with Gasteiger partial charge in [-0.25, -0.2) is 0 Å². The quantitative estimate of drug-likeness (QED) is 0.0443. The number of carbonyl (C=O) groups excluding carboxylic acids is 1. The van der Waals surface area contributed by atoms with Crippen LogP contribution in [0.15, 0.2) is 24.3 Å². The second-order valence-corrected chi connectivity index (χ2v) is 15.1. The molecule has 0 bridgehead atoms. The van der Waals surface area contributed by atoms with Crippen molar-refractivity contribution in [1.29, 1.82) is 0 Å². The van der Waals surface area contributed by atoms with Gasteiger partial charge in [0.05, 0.1) is 18.8 Å². The highest BCUT2D eigenvalue weighted by atomic mass is 16.3. The number of aliphatic hydroxyl groups excluding tert-OH is 2. The Hall–Kier alpha value is -1.13. The molecule has 4 nitrogen and oxygen atoms in total. The number of rotatable bonds is 40. The van der Waals surface area contributed by atoms with Crippen LogP contribution in [0.2, 0.25) is 0 Å². The summed E-state index contributed by atoms with van der Waals surface area (Å²) in [6.07, 6.45) is 53.6. The number of unbranched alkanes of at least 4 members (excludes halogenated alkanes) is 31. The molecular weight excluding hydrogens is 602 g/mol. The van der Waals surface area contributed by atoms with Crippen molar-refractivity contribution in [3.05, 3.63) is 24.3 Å². The summed E-state index contributed by atoms with van der Waals surface area (Å²) in [7, 11) is 0. The first-order valence-electron chi connectivity index (χ1n) is 22.1. The Bertz CT molecular complexity index is 705. The van der Waals surface area contributed by atoms with Gasteiger partial charge in [-0.2, -0.15) is 0 Å². The summed E-state index contributed by atoms with van der Waals surface area (Å²) in [6, 6.07) is -0.614. The molecule has 0 aliphatic carbocycles. The topological polar surface area (TPSA) is 69.6 Å². The average Bonchev–Trinajstić information content (AvgIpc) is 3.11. The molecule has 290 valence electrons. The molecule has 0 saturated carbocycles. The van der Waals surface area contributed by atoms with Crippen molar-refractivity contribution >= 4 is 5.91 Å². The van der Waals surface area contributed by atoms with E-state index in [1.54, 1.807) is 6.08 Å². The van der Waals surface area contributed by atoms with Gasteiger partial charge in [0, 0.05) is 6.42 Å². The lowest BCUT2D eigenvalue weighted by molar-refractivity contribution is -0.123. The summed E-state index contributed by atoms with van der Waals surface area (Å²) in [5.74, 6) is -0.0702. The van der Waals surface area contributed by atoms with Gasteiger partial charge in [0.2, 0.25) is 5.91 Å². The first-order chi connectivity index (χ1) is 24.2. The molecule has 49 heavy (non-hydrogen) atoms. The molecule has 2 unspecified atom stereocenters. The fourth-order valence-electron chi connectivity index (χ4n) is 6.75. The van der Waals surface area contributed by atoms with Crippen LogP contribution >= 0.6 is 0 Å². The Balaban J connectivity index is 3.30. The van der Waals surface area contributed by atoms with Crippen molar-refractivity contribution in [2.45, 2.75) is 251 Å². The van der Waals surface area contributed by atoms with Crippen LogP contribution in [0, 0.1) is 0 Å². The van der Waals surface area contributed by atoms with E-state index >= 15 is 0 Å². The number of hydrogen-bond donors (Lipinski definition) is 3. The smallest absolute Gasteiger partial charge is 0.220 e. The summed E-state index contributed by atoms with van der Waals surface area (Å²) < 4.78 is 0. The average molecular weight is 690 g/mol. The highest BCUT2D eigenvalue weighted by molar-refractivity contribution is 5.76. The van der Waals surface area contributed by atoms with E-state index in [2.05, 4.69) is 31.3 Å². The maximum absolute atomic E-state index is 12.2. The molecule has 0 aromatic heterocycles. The highest BCUT2D eigenvalue weighted by Crippen LogP contribution is 2.16. The third-order valence-corrected chi connectivity index (χ3v) is 10.2. The first-order valence-corrected chi connectivity index (χ1v) is 22.1. The fourth-order valence-corrected chi connectivity index (χ4v) is 6.75. The normalized spacial score (nSPS) is 13.1. The summed E-state index contributed by atoms with van der Waals surface area (Å²) in [5, 5.41) is 22.5. The van der Waals surface area contributed by atoms with Gasteiger partial charge < -0.3 is 15.5 Å². The van der Waals surface area contributed by atoms with E-state index in [4.69, 9.17) is 0 Å². The molecule has 0 heterocycles. The molecule has 0 saturated heterocycles. The standard InChI is InChI=1S/C45H87NO3/c1-3-5-7-9-10-11-12-13-14-15-16-17-18-19-20-21-22-23-24-25-26-27-28-29-30-31-32-33-34-35-36-37-39-41-45(49)46-43(42-47)44(48)40-38-8-6-4-2/h15-16,38,40,43-44,47-48H,3-14,17-37,39,41-42H2,1-2H3,(H,46,49)/b16-15-,40-38+. The Kier molecular flexibility index (Phi) is 40.3. The Morgan fingerprint density at radius 1 is 0.469 bits per heavy atom. The van der Waals surface area contributed by atoms with Crippen molar-refractivity contribution in [2.24, 2.45) is 0 Å². The minimum atomic E-state index is -0.831. The van der Waals surface area contributed by atoms with E-state index in [-0.39, 0.29) is 12.5 Å². The summed E-state index contributed by atoms with van der Waals surface area (Å²) >= 11 is 0. The molecule has 0 aliphatic heterocycles. The summed E-state index contributed by atoms with van der Waals surface area (Å²) in [6.45, 7) is 4.18. The van der Waals surface area contributed by atoms with Crippen LogP contribution in [0.1, 0.15) is 239 Å². The lowest BCUT2D eigenvalue weighted by Crippen LogP contribution is -2.45. The number of allylic oxidation sites excluding steroid dienone is 3. The lowest BCUT2D eigenvalue weighted by atomic mass is 10.0. The van der Waals surface area contributed by atoms with Gasteiger partial charge in [-0.1, -0.05) is 218 Å². The van der Waals surface area contributed by atoms with Crippen LogP contribution in [-0.2, 0) is 4.79 Å². The van der Waals surface area contributed by atoms with E-state index in [1.165, 1.54) is 186 Å². The lowest BCUT2D eigenvalue weighted by Gasteiger charge is -2.19. The van der Waals surface area contributed by atoms with Crippen molar-refractivity contribution in [3.8, 4) is 0 Å². The Morgan fingerprint density at radius 2 is 0.796 bits per heavy atom. The van der Waals surface area contributed by atoms with Crippen LogP contribution in [0.3, 0.4) is 0 Å². The van der Waals surface area contributed by atoms with Crippen LogP contribution in [0.25, 0.3) is 0 Å². The van der Waals surface area contributed by atoms with Crippen LogP contribution in [0.4, 0.5) is 0 Å². The zero-order chi connectivity index (χ0) is 35.7. The van der Waals surface area contributed by atoms with Gasteiger partial charge in [0.1, 0.15) is 0 Å². The van der Waals surface area contributed by atoms with Crippen molar-refractivity contribution in [2.75, 3.05) is 6.61 Å². The maximum Gasteiger partial charge on any atom is 0.220 e. The van der Waals surface area contributed by atoms with E-state index < -0.39 is 12.1 Å². The molecule has 0 aliphatic rings. The third kappa shape index (κ3) is 37.9. The van der Waals surface area contributed by atoms with Crippen LogP contribution < -0.4 is 5.32 Å². The van der Waals surface area contributed by atoms with E-state index in [9.17, 15) is 15.0 Å². The molecule has 0 spiro atoms. The van der Waals surface area contributed by atoms with Crippen molar-refractivity contribution < 1.29 is 15.0 Å². The monoisotopic (exact) mass is 690 g/mol. The molecule has 2 atom stereocenters. The SMILES string of the molecule is CCCC/C=C/C(O)C(CO)NC(=O)CCCCCCCCCCCCCCCCCCCCCCC/C=C\CCCCCCCCCC. The van der Waals surface area contributed by atoms with E-state index in [0.717, 1.165) is 32.1 Å². The molecule has 0 fully saturated rings. The minimum Gasteiger partial charge on any atom is -0.394 e. The molecule has 1 amide bonds. The third-order valence-electron chi connectivity index (χ3n) is 10.2. The van der Waals surface area contributed by atoms with Gasteiger partial charge >= 0.3 is 0 Å². The van der Waals surface area contributed by atoms with Crippen LogP contribution in [0.5, 0.6) is 0 Å². The zero-order valence-electron chi connectivity index (χ0n) is 33.2. The second kappa shape index (κ2) is 41.3. The van der Waals surface area contributed by atoms with Gasteiger partial charge in [-0.15, -0.1) is 0 Å². The number of amides is 1. The minimum absolute atomic E-state index is 0.0702. The summed E-state index contributed by atoms with van der Waals surface area (Å²) in [5.41, 5.74) is 0. The van der Waals surface area contributed by atoms with Gasteiger partial charge in [0.15, 0.2) is 0 Å².